The Morgan fingerprint density at radius 2 is 1.72 bits per heavy atom. The summed E-state index contributed by atoms with van der Waals surface area (Å²) in [6.45, 7) is 0.569. The molecule has 0 aliphatic carbocycles. The van der Waals surface area contributed by atoms with E-state index in [0.29, 0.717) is 18.4 Å². The Morgan fingerprint density at radius 3 is 2.17 bits per heavy atom. The molecule has 0 spiro atoms. The molecule has 1 heterocycles. The first-order valence-electron chi connectivity index (χ1n) is 5.75. The molecule has 0 bridgehead atoms. The summed E-state index contributed by atoms with van der Waals surface area (Å²) in [4.78, 5) is 0. The van der Waals surface area contributed by atoms with Gasteiger partial charge in [-0.1, -0.05) is 12.1 Å². The largest absolute Gasteiger partial charge is 0.385 e. The lowest BCUT2D eigenvalue weighted by Gasteiger charge is -2.37. The van der Waals surface area contributed by atoms with Crippen molar-refractivity contribution in [2.45, 2.75) is 18.4 Å². The Kier molecular flexibility index (Phi) is 3.44. The first-order chi connectivity index (χ1) is 8.31. The van der Waals surface area contributed by atoms with Crippen molar-refractivity contribution in [2.75, 3.05) is 19.3 Å². The minimum Gasteiger partial charge on any atom is -0.385 e. The van der Waals surface area contributed by atoms with E-state index in [1.54, 1.807) is 12.1 Å². The third kappa shape index (κ3) is 2.71. The van der Waals surface area contributed by atoms with Crippen molar-refractivity contribution >= 4 is 10.0 Å². The molecular weight excluding hydrogens is 257 g/mol. The Hall–Kier alpha value is -0.980. The van der Waals surface area contributed by atoms with Gasteiger partial charge in [-0.05, 0) is 30.5 Å². The maximum atomic E-state index is 12.8. The highest BCUT2D eigenvalue weighted by Crippen LogP contribution is 2.33. The summed E-state index contributed by atoms with van der Waals surface area (Å²) in [7, 11) is -3.20. The molecule has 18 heavy (non-hydrogen) atoms. The number of hydrogen-bond donors (Lipinski definition) is 1. The van der Waals surface area contributed by atoms with E-state index >= 15 is 0 Å². The molecule has 0 atom stereocenters. The number of halogens is 1. The molecule has 0 unspecified atom stereocenters. The average molecular weight is 273 g/mol. The van der Waals surface area contributed by atoms with Gasteiger partial charge in [0.2, 0.25) is 10.0 Å². The van der Waals surface area contributed by atoms with Gasteiger partial charge in [0.05, 0.1) is 11.9 Å². The first-order valence-corrected chi connectivity index (χ1v) is 7.60. The number of nitrogens with zero attached hydrogens (tertiary/aromatic N) is 1. The highest BCUT2D eigenvalue weighted by Gasteiger charge is 2.36. The number of sulfonamides is 1. The van der Waals surface area contributed by atoms with Crippen LogP contribution in [0.5, 0.6) is 0 Å². The van der Waals surface area contributed by atoms with Gasteiger partial charge < -0.3 is 5.11 Å². The normalized spacial score (nSPS) is 20.8. The molecule has 0 radical (unpaired) electrons. The van der Waals surface area contributed by atoms with Gasteiger partial charge in [-0.25, -0.2) is 17.1 Å². The maximum Gasteiger partial charge on any atom is 0.211 e. The van der Waals surface area contributed by atoms with Gasteiger partial charge in [0, 0.05) is 13.1 Å². The summed E-state index contributed by atoms with van der Waals surface area (Å²) in [5.74, 6) is -0.351. The third-order valence-corrected chi connectivity index (χ3v) is 4.70. The molecular formula is C12H16FNO3S. The Labute approximate surface area is 106 Å². The highest BCUT2D eigenvalue weighted by atomic mass is 32.2. The van der Waals surface area contributed by atoms with Crippen molar-refractivity contribution in [3.05, 3.63) is 35.6 Å². The molecule has 2 rings (SSSR count). The smallest absolute Gasteiger partial charge is 0.211 e. The molecule has 4 nitrogen and oxygen atoms in total. The van der Waals surface area contributed by atoms with Gasteiger partial charge in [0.15, 0.2) is 0 Å². The van der Waals surface area contributed by atoms with Crippen molar-refractivity contribution < 1.29 is 17.9 Å². The zero-order valence-electron chi connectivity index (χ0n) is 10.1. The van der Waals surface area contributed by atoms with E-state index in [1.807, 2.05) is 0 Å². The SMILES string of the molecule is CS(=O)(=O)N1CCC(O)(c2ccc(F)cc2)CC1. The number of benzene rings is 1. The molecule has 1 aliphatic rings. The van der Waals surface area contributed by atoms with Crippen LogP contribution in [0.3, 0.4) is 0 Å². The average Bonchev–Trinajstić information content (AvgIpc) is 2.29. The molecule has 1 aliphatic heterocycles. The van der Waals surface area contributed by atoms with Gasteiger partial charge >= 0.3 is 0 Å². The van der Waals surface area contributed by atoms with E-state index in [4.69, 9.17) is 0 Å². The lowest BCUT2D eigenvalue weighted by molar-refractivity contribution is -0.00953. The van der Waals surface area contributed by atoms with Crippen molar-refractivity contribution in [2.24, 2.45) is 0 Å². The Bertz CT molecular complexity index is 519. The van der Waals surface area contributed by atoms with E-state index < -0.39 is 15.6 Å². The Balaban J connectivity index is 2.14. The van der Waals surface area contributed by atoms with E-state index in [1.165, 1.54) is 16.4 Å². The van der Waals surface area contributed by atoms with Gasteiger partial charge in [-0.15, -0.1) is 0 Å². The second-order valence-electron chi connectivity index (χ2n) is 4.70. The summed E-state index contributed by atoms with van der Waals surface area (Å²) in [6.07, 6.45) is 1.81. The third-order valence-electron chi connectivity index (χ3n) is 3.40. The van der Waals surface area contributed by atoms with Gasteiger partial charge in [0.1, 0.15) is 5.82 Å². The van der Waals surface area contributed by atoms with Crippen LogP contribution < -0.4 is 0 Å². The quantitative estimate of drug-likeness (QED) is 0.877. The van der Waals surface area contributed by atoms with Crippen LogP contribution >= 0.6 is 0 Å². The monoisotopic (exact) mass is 273 g/mol. The number of hydrogen-bond acceptors (Lipinski definition) is 3. The number of piperidine rings is 1. The lowest BCUT2D eigenvalue weighted by atomic mass is 9.85. The second-order valence-corrected chi connectivity index (χ2v) is 6.68. The molecule has 0 saturated carbocycles. The fourth-order valence-corrected chi connectivity index (χ4v) is 3.08. The standard InChI is InChI=1S/C12H16FNO3S/c1-18(16,17)14-8-6-12(15,7-9-14)10-2-4-11(13)5-3-10/h2-5,15H,6-9H2,1H3. The van der Waals surface area contributed by atoms with Crippen molar-refractivity contribution in [3.8, 4) is 0 Å². The van der Waals surface area contributed by atoms with E-state index in [0.717, 1.165) is 6.26 Å². The van der Waals surface area contributed by atoms with Gasteiger partial charge in [0.25, 0.3) is 0 Å². The van der Waals surface area contributed by atoms with Crippen LogP contribution in [-0.2, 0) is 15.6 Å². The molecule has 1 saturated heterocycles. The topological polar surface area (TPSA) is 57.6 Å². The molecule has 1 N–H and O–H groups in total. The van der Waals surface area contributed by atoms with Crippen molar-refractivity contribution in [1.82, 2.24) is 4.31 Å². The lowest BCUT2D eigenvalue weighted by Crippen LogP contribution is -2.44. The molecule has 100 valence electrons. The van der Waals surface area contributed by atoms with Crippen LogP contribution in [-0.4, -0.2) is 37.2 Å². The van der Waals surface area contributed by atoms with E-state index in [2.05, 4.69) is 0 Å². The number of rotatable bonds is 2. The predicted octanol–water partition coefficient (Wildman–Crippen LogP) is 1.07. The van der Waals surface area contributed by atoms with E-state index in [-0.39, 0.29) is 18.9 Å². The van der Waals surface area contributed by atoms with Crippen LogP contribution in [0.1, 0.15) is 18.4 Å². The molecule has 6 heteroatoms. The summed E-state index contributed by atoms with van der Waals surface area (Å²) in [5.41, 5.74) is -0.424. The van der Waals surface area contributed by atoms with Crippen LogP contribution in [0.15, 0.2) is 24.3 Å². The van der Waals surface area contributed by atoms with Crippen molar-refractivity contribution in [3.63, 3.8) is 0 Å². The summed E-state index contributed by atoms with van der Waals surface area (Å²) in [5, 5.41) is 10.5. The summed E-state index contributed by atoms with van der Waals surface area (Å²) in [6, 6.07) is 5.70. The molecule has 1 aromatic rings. The summed E-state index contributed by atoms with van der Waals surface area (Å²) >= 11 is 0. The van der Waals surface area contributed by atoms with Crippen LogP contribution in [0.4, 0.5) is 4.39 Å². The van der Waals surface area contributed by atoms with Crippen LogP contribution in [0, 0.1) is 5.82 Å². The van der Waals surface area contributed by atoms with E-state index in [9.17, 15) is 17.9 Å². The predicted molar refractivity (Wildman–Crippen MR) is 65.9 cm³/mol. The van der Waals surface area contributed by atoms with Crippen LogP contribution in [0.2, 0.25) is 0 Å². The second kappa shape index (κ2) is 4.60. The molecule has 1 fully saturated rings. The van der Waals surface area contributed by atoms with Gasteiger partial charge in [-0.3, -0.25) is 0 Å². The van der Waals surface area contributed by atoms with Gasteiger partial charge in [-0.2, -0.15) is 0 Å². The fraction of sp³-hybridized carbons (Fsp3) is 0.500. The minimum atomic E-state index is -3.20. The molecule has 0 aromatic heterocycles. The first kappa shape index (κ1) is 13.5. The zero-order valence-corrected chi connectivity index (χ0v) is 11.0. The maximum absolute atomic E-state index is 12.8. The Morgan fingerprint density at radius 1 is 1.22 bits per heavy atom. The molecule has 0 amide bonds. The zero-order chi connectivity index (χ0) is 13.4. The molecule has 1 aromatic carbocycles. The van der Waals surface area contributed by atoms with Crippen LogP contribution in [0.25, 0.3) is 0 Å². The fourth-order valence-electron chi connectivity index (χ4n) is 2.24. The highest BCUT2D eigenvalue weighted by molar-refractivity contribution is 7.88. The number of aliphatic hydroxyl groups is 1. The van der Waals surface area contributed by atoms with Crippen molar-refractivity contribution in [1.29, 1.82) is 0 Å². The minimum absolute atomic E-state index is 0.284. The summed E-state index contributed by atoms with van der Waals surface area (Å²) < 4.78 is 36.9.